The molecule has 3 aromatic rings. The van der Waals surface area contributed by atoms with Gasteiger partial charge in [0, 0.05) is 0 Å². The lowest BCUT2D eigenvalue weighted by molar-refractivity contribution is -0.117. The van der Waals surface area contributed by atoms with Gasteiger partial charge in [-0.15, -0.1) is 11.3 Å². The van der Waals surface area contributed by atoms with Crippen LogP contribution >= 0.6 is 22.7 Å². The summed E-state index contributed by atoms with van der Waals surface area (Å²) in [5, 5.41) is 11.9. The number of carbonyl (C=O) groups is 3. The summed E-state index contributed by atoms with van der Waals surface area (Å²) < 4.78 is 16.3. The van der Waals surface area contributed by atoms with Gasteiger partial charge in [-0.25, -0.2) is 14.8 Å². The molecule has 1 amide bonds. The number of amides is 1. The lowest BCUT2D eigenvalue weighted by Crippen LogP contribution is -2.31. The van der Waals surface area contributed by atoms with E-state index in [1.807, 2.05) is 13.8 Å². The number of aryl methyl sites for hydroxylation is 3. The number of aliphatic hydroxyl groups is 1. The molecule has 0 saturated carbocycles. The van der Waals surface area contributed by atoms with Crippen LogP contribution in [0.15, 0.2) is 29.5 Å². The van der Waals surface area contributed by atoms with Crippen LogP contribution in [0.1, 0.15) is 61.2 Å². The van der Waals surface area contributed by atoms with Crippen molar-refractivity contribution in [3.8, 4) is 11.5 Å². The Morgan fingerprint density at radius 1 is 1.00 bits per heavy atom. The van der Waals surface area contributed by atoms with Gasteiger partial charge in [0.1, 0.15) is 4.88 Å². The summed E-state index contributed by atoms with van der Waals surface area (Å²) in [6.45, 7) is 9.55. The van der Waals surface area contributed by atoms with Gasteiger partial charge >= 0.3 is 5.97 Å². The Morgan fingerprint density at radius 2 is 1.66 bits per heavy atom. The van der Waals surface area contributed by atoms with Crippen LogP contribution in [0.4, 0.5) is 5.13 Å². The average molecular weight is 558 g/mol. The molecule has 0 bridgehead atoms. The molecule has 1 aromatic carbocycles. The SMILES string of the molecule is CCOc1ccc(C2C(C(=O)c3sc(C)nc3C)=C(O)C(=O)N2c2nc(C)c(C(=O)OC)s2)cc1OCC. The third-order valence-electron chi connectivity index (χ3n) is 5.81. The Balaban J connectivity index is 1.92. The van der Waals surface area contributed by atoms with Crippen molar-refractivity contribution in [2.45, 2.75) is 40.7 Å². The molecule has 38 heavy (non-hydrogen) atoms. The summed E-state index contributed by atoms with van der Waals surface area (Å²) in [7, 11) is 1.25. The van der Waals surface area contributed by atoms with Gasteiger partial charge in [-0.2, -0.15) is 0 Å². The number of thiazole rings is 2. The quantitative estimate of drug-likeness (QED) is 0.289. The number of hydrogen-bond donors (Lipinski definition) is 1. The van der Waals surface area contributed by atoms with Crippen molar-refractivity contribution in [1.82, 2.24) is 9.97 Å². The fourth-order valence-corrected chi connectivity index (χ4v) is 6.11. The minimum Gasteiger partial charge on any atom is -0.503 e. The minimum absolute atomic E-state index is 0.110. The highest BCUT2D eigenvalue weighted by Crippen LogP contribution is 2.46. The number of nitrogens with zero attached hydrogens (tertiary/aromatic N) is 3. The first kappa shape index (κ1) is 27.3. The Bertz CT molecular complexity index is 1460. The molecule has 1 unspecified atom stereocenters. The molecule has 1 aliphatic heterocycles. The number of rotatable bonds is 9. The fourth-order valence-electron chi connectivity index (χ4n) is 4.22. The monoisotopic (exact) mass is 557 g/mol. The van der Waals surface area contributed by atoms with E-state index in [4.69, 9.17) is 14.2 Å². The highest BCUT2D eigenvalue weighted by atomic mass is 32.1. The van der Waals surface area contributed by atoms with E-state index in [9.17, 15) is 19.5 Å². The Kier molecular flexibility index (Phi) is 7.83. The molecule has 0 spiro atoms. The number of ether oxygens (including phenoxy) is 3. The minimum atomic E-state index is -1.05. The molecule has 1 aliphatic rings. The van der Waals surface area contributed by atoms with Gasteiger partial charge in [0.15, 0.2) is 22.4 Å². The second-order valence-electron chi connectivity index (χ2n) is 8.29. The predicted octanol–water partition coefficient (Wildman–Crippen LogP) is 4.89. The number of ketones is 1. The van der Waals surface area contributed by atoms with Crippen molar-refractivity contribution in [2.75, 3.05) is 25.2 Å². The van der Waals surface area contributed by atoms with Crippen molar-refractivity contribution in [1.29, 1.82) is 0 Å². The van der Waals surface area contributed by atoms with Crippen LogP contribution in [0, 0.1) is 20.8 Å². The van der Waals surface area contributed by atoms with E-state index in [1.54, 1.807) is 39.0 Å². The molecule has 10 nitrogen and oxygen atoms in total. The normalized spacial score (nSPS) is 15.3. The summed E-state index contributed by atoms with van der Waals surface area (Å²) in [5.41, 5.74) is 1.24. The molecular weight excluding hydrogens is 530 g/mol. The number of aromatic nitrogens is 2. The van der Waals surface area contributed by atoms with Gasteiger partial charge < -0.3 is 19.3 Å². The second kappa shape index (κ2) is 10.9. The maximum Gasteiger partial charge on any atom is 0.350 e. The number of hydrogen-bond acceptors (Lipinski definition) is 11. The number of Topliss-reactive ketones (excluding diaryl/α,β-unsaturated/α-hetero) is 1. The van der Waals surface area contributed by atoms with Crippen LogP contribution in [-0.2, 0) is 9.53 Å². The largest absolute Gasteiger partial charge is 0.503 e. The first-order valence-corrected chi connectivity index (χ1v) is 13.5. The molecule has 0 saturated heterocycles. The van der Waals surface area contributed by atoms with E-state index in [0.29, 0.717) is 51.5 Å². The molecular formula is C26H27N3O7S2. The van der Waals surface area contributed by atoms with E-state index in [2.05, 4.69) is 9.97 Å². The van der Waals surface area contributed by atoms with Crippen molar-refractivity contribution in [3.63, 3.8) is 0 Å². The number of aliphatic hydroxyl groups excluding tert-OH is 1. The van der Waals surface area contributed by atoms with Crippen LogP contribution in [0.3, 0.4) is 0 Å². The fraction of sp³-hybridized carbons (Fsp3) is 0.346. The van der Waals surface area contributed by atoms with Gasteiger partial charge in [0.2, 0.25) is 5.78 Å². The summed E-state index contributed by atoms with van der Waals surface area (Å²) in [6.07, 6.45) is 0. The standard InChI is InChI=1S/C26H27N3O7S2/c1-7-35-16-10-9-15(11-17(16)36-8-2)19-18(20(30)22-12(3)27-14(5)37-22)21(31)24(32)29(19)26-28-13(4)23(38-26)25(33)34-6/h9-11,19,31H,7-8H2,1-6H3. The summed E-state index contributed by atoms with van der Waals surface area (Å²) in [5.74, 6) is -1.69. The molecule has 2 aromatic heterocycles. The topological polar surface area (TPSA) is 128 Å². The highest BCUT2D eigenvalue weighted by Gasteiger charge is 2.47. The number of benzene rings is 1. The van der Waals surface area contributed by atoms with Crippen LogP contribution in [0.25, 0.3) is 0 Å². The van der Waals surface area contributed by atoms with Gasteiger partial charge in [-0.05, 0) is 52.3 Å². The Morgan fingerprint density at radius 3 is 2.26 bits per heavy atom. The highest BCUT2D eigenvalue weighted by molar-refractivity contribution is 7.17. The van der Waals surface area contributed by atoms with Gasteiger partial charge in [-0.3, -0.25) is 14.5 Å². The predicted molar refractivity (Wildman–Crippen MR) is 143 cm³/mol. The van der Waals surface area contributed by atoms with Crippen LogP contribution in [0.2, 0.25) is 0 Å². The summed E-state index contributed by atoms with van der Waals surface area (Å²) in [4.78, 5) is 50.1. The van der Waals surface area contributed by atoms with Crippen molar-refractivity contribution in [2.24, 2.45) is 0 Å². The molecule has 200 valence electrons. The molecule has 12 heteroatoms. The van der Waals surface area contributed by atoms with E-state index < -0.39 is 29.5 Å². The molecule has 1 N–H and O–H groups in total. The zero-order valence-corrected chi connectivity index (χ0v) is 23.4. The number of anilines is 1. The van der Waals surface area contributed by atoms with E-state index in [-0.39, 0.29) is 15.6 Å². The van der Waals surface area contributed by atoms with E-state index in [0.717, 1.165) is 11.3 Å². The Labute approximate surface area is 227 Å². The van der Waals surface area contributed by atoms with Crippen LogP contribution in [0.5, 0.6) is 11.5 Å². The van der Waals surface area contributed by atoms with E-state index in [1.165, 1.54) is 23.3 Å². The number of esters is 1. The van der Waals surface area contributed by atoms with Crippen LogP contribution in [-0.4, -0.2) is 53.1 Å². The third kappa shape index (κ3) is 4.76. The lowest BCUT2D eigenvalue weighted by atomic mass is 9.95. The average Bonchev–Trinajstić information content (AvgIpc) is 3.52. The summed E-state index contributed by atoms with van der Waals surface area (Å²) >= 11 is 2.13. The number of methoxy groups -OCH3 is 1. The second-order valence-corrected chi connectivity index (χ2v) is 10.5. The first-order valence-electron chi connectivity index (χ1n) is 11.8. The zero-order chi connectivity index (χ0) is 27.7. The van der Waals surface area contributed by atoms with E-state index >= 15 is 0 Å². The van der Waals surface area contributed by atoms with Crippen LogP contribution < -0.4 is 14.4 Å². The molecule has 3 heterocycles. The number of carbonyl (C=O) groups excluding carboxylic acids is 3. The molecule has 0 aliphatic carbocycles. The lowest BCUT2D eigenvalue weighted by Gasteiger charge is -2.25. The zero-order valence-electron chi connectivity index (χ0n) is 21.8. The van der Waals surface area contributed by atoms with Gasteiger partial charge in [0.05, 0.1) is 53.2 Å². The molecule has 4 rings (SSSR count). The maximum atomic E-state index is 13.8. The first-order chi connectivity index (χ1) is 18.1. The van der Waals surface area contributed by atoms with Gasteiger partial charge in [-0.1, -0.05) is 17.4 Å². The third-order valence-corrected chi connectivity index (χ3v) is 8.02. The molecule has 0 radical (unpaired) electrons. The van der Waals surface area contributed by atoms with Crippen molar-refractivity contribution >= 4 is 45.5 Å². The van der Waals surface area contributed by atoms with Crippen molar-refractivity contribution < 1.29 is 33.7 Å². The summed E-state index contributed by atoms with van der Waals surface area (Å²) in [6, 6.07) is 4.02. The smallest absolute Gasteiger partial charge is 0.350 e. The molecule has 0 fully saturated rings. The van der Waals surface area contributed by atoms with Gasteiger partial charge in [0.25, 0.3) is 5.91 Å². The Hall–Kier alpha value is -3.77. The van der Waals surface area contributed by atoms with Crippen molar-refractivity contribution in [3.05, 3.63) is 61.2 Å². The molecule has 1 atom stereocenters. The maximum absolute atomic E-state index is 13.8.